The van der Waals surface area contributed by atoms with Crippen molar-refractivity contribution in [3.05, 3.63) is 27.4 Å². The Labute approximate surface area is 219 Å². The van der Waals surface area contributed by atoms with Crippen LogP contribution in [0.25, 0.3) is 0 Å². The summed E-state index contributed by atoms with van der Waals surface area (Å²) in [6.45, 7) is 0.268. The van der Waals surface area contributed by atoms with Crippen LogP contribution in [0.4, 0.5) is 5.13 Å². The molecule has 5 N–H and O–H groups in total. The topological polar surface area (TPSA) is 202 Å². The molecule has 0 bridgehead atoms. The lowest BCUT2D eigenvalue weighted by Crippen LogP contribution is -2.71. The van der Waals surface area contributed by atoms with Gasteiger partial charge in [-0.15, -0.1) is 33.3 Å². The number of oxime groups is 1. The zero-order chi connectivity index (χ0) is 25.8. The lowest BCUT2D eigenvalue weighted by atomic mass is 10.0. The number of thiazole rings is 1. The molecule has 0 spiro atoms. The molecule has 0 aromatic carbocycles. The third-order valence-electron chi connectivity index (χ3n) is 4.86. The summed E-state index contributed by atoms with van der Waals surface area (Å²) in [6, 6.07) is -0.963. The van der Waals surface area contributed by atoms with Crippen molar-refractivity contribution < 1.29 is 29.1 Å². The number of anilines is 1. The molecule has 2 aromatic rings. The number of carboxylic acid groups (broad SMARTS) is 1. The number of nitrogens with one attached hydrogen (secondary N) is 2. The number of carbonyl (C=O) groups excluding carboxylic acids is 3. The first kappa shape index (κ1) is 26.0. The smallest absolute Gasteiger partial charge is 0.352 e. The first-order valence-corrected chi connectivity index (χ1v) is 13.7. The number of fused-ring (bicyclic) bond motifs is 1. The Hall–Kier alpha value is -3.06. The summed E-state index contributed by atoms with van der Waals surface area (Å²) >= 11 is 5.07. The van der Waals surface area contributed by atoms with Gasteiger partial charge in [-0.2, -0.15) is 0 Å². The van der Waals surface area contributed by atoms with Crippen molar-refractivity contribution in [2.75, 3.05) is 23.9 Å². The van der Waals surface area contributed by atoms with E-state index in [2.05, 4.69) is 31.0 Å². The van der Waals surface area contributed by atoms with E-state index in [4.69, 9.17) is 10.6 Å². The molecule has 190 valence electrons. The Morgan fingerprint density at radius 1 is 1.44 bits per heavy atom. The van der Waals surface area contributed by atoms with Crippen LogP contribution in [0.2, 0.25) is 0 Å². The maximum atomic E-state index is 12.9. The lowest BCUT2D eigenvalue weighted by molar-refractivity contribution is -0.150. The number of β-lactam (4-membered cyclic amide) rings is 1. The van der Waals surface area contributed by atoms with Crippen LogP contribution < -0.4 is 16.4 Å². The van der Waals surface area contributed by atoms with E-state index in [-0.39, 0.29) is 28.8 Å². The van der Waals surface area contributed by atoms with Crippen molar-refractivity contribution in [1.82, 2.24) is 25.4 Å². The quantitative estimate of drug-likeness (QED) is 0.0920. The van der Waals surface area contributed by atoms with E-state index < -0.39 is 29.2 Å². The van der Waals surface area contributed by atoms with Crippen molar-refractivity contribution in [2.24, 2.45) is 10.9 Å². The van der Waals surface area contributed by atoms with Gasteiger partial charge in [0.2, 0.25) is 6.41 Å². The van der Waals surface area contributed by atoms with Gasteiger partial charge >= 0.3 is 5.97 Å². The molecule has 14 nitrogen and oxygen atoms in total. The minimum Gasteiger partial charge on any atom is -0.477 e. The van der Waals surface area contributed by atoms with Gasteiger partial charge in [0.15, 0.2) is 15.2 Å². The number of nitrogens with two attached hydrogens (primary N) is 1. The van der Waals surface area contributed by atoms with Crippen LogP contribution in [-0.2, 0) is 30.6 Å². The molecule has 4 rings (SSSR count). The molecule has 2 atom stereocenters. The third kappa shape index (κ3) is 5.21. The highest BCUT2D eigenvalue weighted by molar-refractivity contribution is 8.01. The zero-order valence-electron chi connectivity index (χ0n) is 18.4. The fraction of sp³-hybridized carbons (Fsp3) is 0.333. The average molecular weight is 571 g/mol. The van der Waals surface area contributed by atoms with E-state index >= 15 is 0 Å². The highest BCUT2D eigenvalue weighted by Gasteiger charge is 2.54. The third-order valence-corrected chi connectivity index (χ3v) is 9.13. The molecule has 0 saturated carbocycles. The van der Waals surface area contributed by atoms with Crippen molar-refractivity contribution in [1.29, 1.82) is 0 Å². The highest BCUT2D eigenvalue weighted by atomic mass is 32.2. The van der Waals surface area contributed by atoms with Crippen LogP contribution >= 0.6 is 46.2 Å². The second-order valence-corrected chi connectivity index (χ2v) is 11.2. The van der Waals surface area contributed by atoms with Crippen LogP contribution in [0.1, 0.15) is 10.7 Å². The van der Waals surface area contributed by atoms with E-state index in [9.17, 15) is 24.3 Å². The Morgan fingerprint density at radius 3 is 2.92 bits per heavy atom. The van der Waals surface area contributed by atoms with E-state index in [1.807, 2.05) is 0 Å². The predicted octanol–water partition coefficient (Wildman–Crippen LogP) is -0.0970. The largest absolute Gasteiger partial charge is 0.477 e. The fourth-order valence-corrected chi connectivity index (χ4v) is 7.24. The van der Waals surface area contributed by atoms with Gasteiger partial charge in [-0.05, 0) is 5.57 Å². The molecule has 2 aliphatic heterocycles. The van der Waals surface area contributed by atoms with Crippen LogP contribution in [0.3, 0.4) is 0 Å². The summed E-state index contributed by atoms with van der Waals surface area (Å²) < 4.78 is 0.651. The number of carbonyl (C=O) groups is 4. The van der Waals surface area contributed by atoms with E-state index in [0.717, 1.165) is 11.3 Å². The van der Waals surface area contributed by atoms with Crippen molar-refractivity contribution >= 4 is 81.2 Å². The normalized spacial score (nSPS) is 19.4. The van der Waals surface area contributed by atoms with E-state index in [0.29, 0.717) is 32.8 Å². The lowest BCUT2D eigenvalue weighted by Gasteiger charge is -2.49. The minimum atomic E-state index is -1.23. The van der Waals surface area contributed by atoms with Crippen LogP contribution in [-0.4, -0.2) is 85.1 Å². The van der Waals surface area contributed by atoms with Gasteiger partial charge in [-0.25, -0.2) is 9.78 Å². The van der Waals surface area contributed by atoms with E-state index in [1.165, 1.54) is 52.3 Å². The van der Waals surface area contributed by atoms with Crippen molar-refractivity contribution in [3.8, 4) is 0 Å². The number of rotatable bonds is 11. The molecule has 36 heavy (non-hydrogen) atoms. The molecule has 1 saturated heterocycles. The molecule has 0 aliphatic carbocycles. The Bertz CT molecular complexity index is 1260. The monoisotopic (exact) mass is 570 g/mol. The van der Waals surface area contributed by atoms with Gasteiger partial charge in [0.1, 0.15) is 34.9 Å². The summed E-state index contributed by atoms with van der Waals surface area (Å²) in [7, 11) is 1.25. The standard InChI is InChI=1S/C18H18N8O6S4/c1-32-25-10(8-5-34-17(21-8)20-6-27)13(28)22-11-14(29)26-12(16(30)31)7(3-33-15(11)26)4-35-18-24-23-9(2-19)36-18/h5-6,11,15H,2-4,19H2,1H3,(H,22,28)(H,30,31)(H,20,21,27)/b25-10-/t11?,15-/m1/s1. The van der Waals surface area contributed by atoms with Crippen molar-refractivity contribution in [2.45, 2.75) is 22.3 Å². The number of amides is 3. The summed E-state index contributed by atoms with van der Waals surface area (Å²) in [5.41, 5.74) is 5.97. The fourth-order valence-electron chi connectivity index (χ4n) is 3.33. The summed E-state index contributed by atoms with van der Waals surface area (Å²) in [5, 5.41) is 28.3. The summed E-state index contributed by atoms with van der Waals surface area (Å²) in [4.78, 5) is 58.5. The van der Waals surface area contributed by atoms with Crippen molar-refractivity contribution in [3.63, 3.8) is 0 Å². The Balaban J connectivity index is 1.47. The van der Waals surface area contributed by atoms with Gasteiger partial charge < -0.3 is 26.3 Å². The van der Waals surface area contributed by atoms with Crippen LogP contribution in [0.15, 0.2) is 26.1 Å². The molecule has 2 aliphatic rings. The number of thioether (sulfide) groups is 2. The second-order valence-electron chi connectivity index (χ2n) is 7.00. The minimum absolute atomic E-state index is 0.0971. The van der Waals surface area contributed by atoms with Crippen LogP contribution in [0.5, 0.6) is 0 Å². The summed E-state index contributed by atoms with van der Waals surface area (Å²) in [6.07, 6.45) is 0.448. The van der Waals surface area contributed by atoms with Gasteiger partial charge in [-0.1, -0.05) is 28.3 Å². The van der Waals surface area contributed by atoms with Gasteiger partial charge in [0.05, 0.1) is 0 Å². The van der Waals surface area contributed by atoms with Gasteiger partial charge in [0.25, 0.3) is 11.8 Å². The molecule has 1 fully saturated rings. The molecule has 3 amide bonds. The average Bonchev–Trinajstić information content (AvgIpc) is 3.53. The molecular formula is C18H18N8O6S4. The predicted molar refractivity (Wildman–Crippen MR) is 134 cm³/mol. The first-order chi connectivity index (χ1) is 17.4. The Kier molecular flexibility index (Phi) is 8.19. The number of nitrogens with zero attached hydrogens (tertiary/aromatic N) is 5. The maximum absolute atomic E-state index is 12.9. The molecular weight excluding hydrogens is 553 g/mol. The number of carboxylic acids is 1. The number of aromatic nitrogens is 3. The molecule has 18 heteroatoms. The SMILES string of the molecule is CO/N=C(\C(=O)NC1C(=O)N2C(C(=O)O)=C(CSc3nnc(CN)s3)CS[C@H]12)c1csc(NC=O)n1. The number of hydrogen-bond acceptors (Lipinski definition) is 14. The highest BCUT2D eigenvalue weighted by Crippen LogP contribution is 2.41. The van der Waals surface area contributed by atoms with Gasteiger partial charge in [-0.3, -0.25) is 19.3 Å². The number of hydrogen-bond donors (Lipinski definition) is 4. The maximum Gasteiger partial charge on any atom is 0.352 e. The first-order valence-electron chi connectivity index (χ1n) is 10.0. The summed E-state index contributed by atoms with van der Waals surface area (Å²) in [5.74, 6) is -1.85. The molecule has 2 aromatic heterocycles. The molecule has 4 heterocycles. The van der Waals surface area contributed by atoms with Gasteiger partial charge in [0, 0.05) is 23.4 Å². The zero-order valence-corrected chi connectivity index (χ0v) is 21.6. The molecule has 1 unspecified atom stereocenters. The molecule has 0 radical (unpaired) electrons. The number of aliphatic carboxylic acids is 1. The second kappa shape index (κ2) is 11.3. The van der Waals surface area contributed by atoms with Crippen LogP contribution in [0, 0.1) is 0 Å². The van der Waals surface area contributed by atoms with E-state index in [1.54, 1.807) is 0 Å². The Morgan fingerprint density at radius 2 is 2.25 bits per heavy atom.